The lowest BCUT2D eigenvalue weighted by atomic mass is 10.1. The molecule has 1 N–H and O–H groups in total. The predicted octanol–water partition coefficient (Wildman–Crippen LogP) is 1.40. The summed E-state index contributed by atoms with van der Waals surface area (Å²) in [5.41, 5.74) is 1.51. The van der Waals surface area contributed by atoms with Crippen molar-refractivity contribution in [3.8, 4) is 6.07 Å². The summed E-state index contributed by atoms with van der Waals surface area (Å²) in [6, 6.07) is 8.96. The molecule has 1 aliphatic heterocycles. The Balaban J connectivity index is 2.25. The first-order chi connectivity index (χ1) is 8.53. The minimum atomic E-state index is -3.04. The number of benzene rings is 1. The topological polar surface area (TPSA) is 70.0 Å². The van der Waals surface area contributed by atoms with Crippen molar-refractivity contribution in [3.05, 3.63) is 35.4 Å². The summed E-state index contributed by atoms with van der Waals surface area (Å²) in [4.78, 5) is 0. The van der Waals surface area contributed by atoms with Crippen LogP contribution in [0.3, 0.4) is 0 Å². The highest BCUT2D eigenvalue weighted by atomic mass is 32.2. The predicted molar refractivity (Wildman–Crippen MR) is 69.8 cm³/mol. The molecule has 2 unspecified atom stereocenters. The van der Waals surface area contributed by atoms with E-state index in [9.17, 15) is 8.42 Å². The maximum absolute atomic E-state index is 12.0. The Kier molecular flexibility index (Phi) is 3.69. The molecule has 5 heteroatoms. The Morgan fingerprint density at radius 3 is 2.61 bits per heavy atom. The van der Waals surface area contributed by atoms with Crippen LogP contribution in [0.4, 0.5) is 0 Å². The van der Waals surface area contributed by atoms with Gasteiger partial charge in [-0.2, -0.15) is 5.26 Å². The molecule has 0 saturated carbocycles. The van der Waals surface area contributed by atoms with E-state index in [1.54, 1.807) is 19.1 Å². The van der Waals surface area contributed by atoms with Gasteiger partial charge in [0.05, 0.1) is 22.6 Å². The van der Waals surface area contributed by atoms with E-state index in [0.717, 1.165) is 5.56 Å². The fraction of sp³-hybridized carbons (Fsp3) is 0.462. The van der Waals surface area contributed by atoms with Crippen molar-refractivity contribution < 1.29 is 8.42 Å². The van der Waals surface area contributed by atoms with Crippen molar-refractivity contribution >= 4 is 9.84 Å². The number of rotatable bonds is 1. The van der Waals surface area contributed by atoms with E-state index in [2.05, 4.69) is 11.4 Å². The van der Waals surface area contributed by atoms with Gasteiger partial charge in [-0.3, -0.25) is 0 Å². The SMILES string of the molecule is CC1CCNC(c2ccc(C#N)cc2)CS1(=O)=O. The average molecular weight is 264 g/mol. The number of nitrogens with one attached hydrogen (secondary N) is 1. The van der Waals surface area contributed by atoms with Crippen LogP contribution in [0.2, 0.25) is 0 Å². The molecule has 0 radical (unpaired) electrons. The molecule has 96 valence electrons. The molecular formula is C13H16N2O2S. The smallest absolute Gasteiger partial charge is 0.154 e. The van der Waals surface area contributed by atoms with Crippen LogP contribution in [0.25, 0.3) is 0 Å². The largest absolute Gasteiger partial charge is 0.309 e. The number of hydrogen-bond donors (Lipinski definition) is 1. The summed E-state index contributed by atoms with van der Waals surface area (Å²) >= 11 is 0. The zero-order valence-electron chi connectivity index (χ0n) is 10.3. The highest BCUT2D eigenvalue weighted by Gasteiger charge is 2.29. The quantitative estimate of drug-likeness (QED) is 0.832. The Hall–Kier alpha value is -1.38. The highest BCUT2D eigenvalue weighted by molar-refractivity contribution is 7.92. The van der Waals surface area contributed by atoms with Crippen LogP contribution in [0, 0.1) is 11.3 Å². The van der Waals surface area contributed by atoms with E-state index < -0.39 is 9.84 Å². The van der Waals surface area contributed by atoms with Gasteiger partial charge < -0.3 is 5.32 Å². The van der Waals surface area contributed by atoms with Gasteiger partial charge in [0.1, 0.15) is 0 Å². The first-order valence-electron chi connectivity index (χ1n) is 5.98. The van der Waals surface area contributed by atoms with Crippen LogP contribution in [0.1, 0.15) is 30.5 Å². The molecule has 0 aliphatic carbocycles. The maximum atomic E-state index is 12.0. The normalized spacial score (nSPS) is 27.1. The first-order valence-corrected chi connectivity index (χ1v) is 7.69. The maximum Gasteiger partial charge on any atom is 0.154 e. The summed E-state index contributed by atoms with van der Waals surface area (Å²) in [5, 5.41) is 11.7. The molecule has 0 spiro atoms. The van der Waals surface area contributed by atoms with Crippen LogP contribution < -0.4 is 5.32 Å². The molecule has 1 aromatic carbocycles. The molecule has 1 aromatic rings. The molecule has 18 heavy (non-hydrogen) atoms. The molecule has 1 aliphatic rings. The summed E-state index contributed by atoms with van der Waals surface area (Å²) in [6.07, 6.45) is 0.648. The second-order valence-corrected chi connectivity index (χ2v) is 7.13. The van der Waals surface area contributed by atoms with Gasteiger partial charge in [0.25, 0.3) is 0 Å². The molecule has 1 fully saturated rings. The van der Waals surface area contributed by atoms with Crippen LogP contribution >= 0.6 is 0 Å². The van der Waals surface area contributed by atoms with E-state index in [-0.39, 0.29) is 17.0 Å². The standard InChI is InChI=1S/C13H16N2O2S/c1-10-6-7-15-13(9-18(10,16)17)12-4-2-11(8-14)3-5-12/h2-5,10,13,15H,6-7,9H2,1H3. The van der Waals surface area contributed by atoms with E-state index in [1.165, 1.54) is 0 Å². The average Bonchev–Trinajstić information content (AvgIpc) is 2.49. The molecule has 1 saturated heterocycles. The minimum absolute atomic E-state index is 0.125. The van der Waals surface area contributed by atoms with Crippen LogP contribution in [-0.4, -0.2) is 26.0 Å². The molecule has 2 rings (SSSR count). The van der Waals surface area contributed by atoms with E-state index in [4.69, 9.17) is 5.26 Å². The zero-order chi connectivity index (χ0) is 13.2. The van der Waals surface area contributed by atoms with Gasteiger partial charge in [-0.05, 0) is 37.6 Å². The lowest BCUT2D eigenvalue weighted by molar-refractivity contribution is 0.572. The van der Waals surface area contributed by atoms with Gasteiger partial charge in [-0.1, -0.05) is 12.1 Å². The molecule has 2 atom stereocenters. The Morgan fingerprint density at radius 2 is 2.00 bits per heavy atom. The van der Waals surface area contributed by atoms with Gasteiger partial charge in [0.2, 0.25) is 0 Å². The van der Waals surface area contributed by atoms with Crippen molar-refractivity contribution in [2.24, 2.45) is 0 Å². The third-order valence-electron chi connectivity index (χ3n) is 3.40. The van der Waals surface area contributed by atoms with Crippen molar-refractivity contribution in [1.82, 2.24) is 5.32 Å². The third-order valence-corrected chi connectivity index (χ3v) is 5.66. The van der Waals surface area contributed by atoms with Crippen molar-refractivity contribution in [3.63, 3.8) is 0 Å². The monoisotopic (exact) mass is 264 g/mol. The van der Waals surface area contributed by atoms with Crippen LogP contribution in [0.5, 0.6) is 0 Å². The molecule has 0 amide bonds. The van der Waals surface area contributed by atoms with Gasteiger partial charge in [-0.15, -0.1) is 0 Å². The summed E-state index contributed by atoms with van der Waals surface area (Å²) in [7, 11) is -3.04. The number of hydrogen-bond acceptors (Lipinski definition) is 4. The minimum Gasteiger partial charge on any atom is -0.309 e. The molecule has 1 heterocycles. The second-order valence-electron chi connectivity index (χ2n) is 4.67. The number of nitrogens with zero attached hydrogens (tertiary/aromatic N) is 1. The number of nitriles is 1. The zero-order valence-corrected chi connectivity index (χ0v) is 11.1. The van der Waals surface area contributed by atoms with Gasteiger partial charge in [-0.25, -0.2) is 8.42 Å². The summed E-state index contributed by atoms with van der Waals surface area (Å²) < 4.78 is 24.0. The van der Waals surface area contributed by atoms with Gasteiger partial charge >= 0.3 is 0 Å². The van der Waals surface area contributed by atoms with E-state index in [0.29, 0.717) is 18.5 Å². The molecule has 4 nitrogen and oxygen atoms in total. The van der Waals surface area contributed by atoms with Crippen LogP contribution in [0.15, 0.2) is 24.3 Å². The van der Waals surface area contributed by atoms with Gasteiger partial charge in [0, 0.05) is 6.04 Å². The number of sulfone groups is 1. The van der Waals surface area contributed by atoms with E-state index >= 15 is 0 Å². The van der Waals surface area contributed by atoms with Crippen molar-refractivity contribution in [2.45, 2.75) is 24.6 Å². The molecule has 0 bridgehead atoms. The van der Waals surface area contributed by atoms with Gasteiger partial charge in [0.15, 0.2) is 9.84 Å². The second kappa shape index (κ2) is 5.09. The fourth-order valence-electron chi connectivity index (χ4n) is 2.10. The first kappa shape index (κ1) is 13.1. The van der Waals surface area contributed by atoms with Crippen LogP contribution in [-0.2, 0) is 9.84 Å². The Morgan fingerprint density at radius 1 is 1.33 bits per heavy atom. The lowest BCUT2D eigenvalue weighted by Crippen LogP contribution is -2.26. The summed E-state index contributed by atoms with van der Waals surface area (Å²) in [5.74, 6) is 0.125. The van der Waals surface area contributed by atoms with E-state index in [1.807, 2.05) is 12.1 Å². The molecule has 0 aromatic heterocycles. The van der Waals surface area contributed by atoms with Crippen molar-refractivity contribution in [2.75, 3.05) is 12.3 Å². The third kappa shape index (κ3) is 2.71. The summed E-state index contributed by atoms with van der Waals surface area (Å²) in [6.45, 7) is 2.46. The Labute approximate surface area is 108 Å². The Bertz CT molecular complexity index is 558. The van der Waals surface area contributed by atoms with Crippen molar-refractivity contribution in [1.29, 1.82) is 5.26 Å². The fourth-order valence-corrected chi connectivity index (χ4v) is 3.68. The highest BCUT2D eigenvalue weighted by Crippen LogP contribution is 2.22. The lowest BCUT2D eigenvalue weighted by Gasteiger charge is -2.16. The molecular weight excluding hydrogens is 248 g/mol.